The summed E-state index contributed by atoms with van der Waals surface area (Å²) in [6.45, 7) is 1.44. The molecule has 0 radical (unpaired) electrons. The first-order valence-corrected chi connectivity index (χ1v) is 5.58. The van der Waals surface area contributed by atoms with Gasteiger partial charge >= 0.3 is 0 Å². The zero-order valence-corrected chi connectivity index (χ0v) is 9.08. The van der Waals surface area contributed by atoms with Gasteiger partial charge in [0.05, 0.1) is 6.61 Å². The summed E-state index contributed by atoms with van der Waals surface area (Å²) in [6.07, 6.45) is 11.1. The fourth-order valence-electron chi connectivity index (χ4n) is 1.27. The molecule has 80 valence electrons. The second-order valence-electron chi connectivity index (χ2n) is 3.14. The molecule has 1 aliphatic rings. The first-order chi connectivity index (χ1) is 6.93. The average Bonchev–Trinajstić information content (AvgIpc) is 2.25. The van der Waals surface area contributed by atoms with Crippen molar-refractivity contribution in [2.75, 3.05) is 19.1 Å². The molecule has 0 N–H and O–H groups in total. The van der Waals surface area contributed by atoms with Gasteiger partial charge in [0.2, 0.25) is 0 Å². The lowest BCUT2D eigenvalue weighted by molar-refractivity contribution is -0.155. The molecule has 2 nitrogen and oxygen atoms in total. The van der Waals surface area contributed by atoms with Crippen LogP contribution in [0, 0.1) is 0 Å². The minimum absolute atomic E-state index is 0.00501. The van der Waals surface area contributed by atoms with E-state index < -0.39 is 0 Å². The Morgan fingerprint density at radius 3 is 2.86 bits per heavy atom. The number of alkyl halides is 1. The first-order valence-electron chi connectivity index (χ1n) is 5.04. The van der Waals surface area contributed by atoms with E-state index in [0.717, 1.165) is 19.4 Å². The van der Waals surface area contributed by atoms with E-state index in [-0.39, 0.29) is 6.29 Å². The van der Waals surface area contributed by atoms with Crippen LogP contribution in [0.25, 0.3) is 0 Å². The van der Waals surface area contributed by atoms with Crippen LogP contribution in [0.1, 0.15) is 19.3 Å². The van der Waals surface area contributed by atoms with Gasteiger partial charge in [0.15, 0.2) is 6.29 Å². The fourth-order valence-corrected chi connectivity index (χ4v) is 1.37. The maximum atomic E-state index is 5.49. The summed E-state index contributed by atoms with van der Waals surface area (Å²) < 4.78 is 10.9. The fraction of sp³-hybridized carbons (Fsp3) is 0.636. The molecule has 1 heterocycles. The molecule has 1 unspecified atom stereocenters. The maximum Gasteiger partial charge on any atom is 0.157 e. The van der Waals surface area contributed by atoms with Gasteiger partial charge < -0.3 is 9.47 Å². The molecule has 0 saturated carbocycles. The van der Waals surface area contributed by atoms with Gasteiger partial charge in [-0.3, -0.25) is 0 Å². The molecular weight excluding hydrogens is 200 g/mol. The molecule has 0 bridgehead atoms. The SMILES string of the molecule is ClC/C=C/C=C/COC1CCCCO1. The van der Waals surface area contributed by atoms with Crippen LogP contribution in [0.3, 0.4) is 0 Å². The zero-order valence-electron chi connectivity index (χ0n) is 8.32. The van der Waals surface area contributed by atoms with Crippen LogP contribution in [-0.4, -0.2) is 25.4 Å². The van der Waals surface area contributed by atoms with Crippen LogP contribution in [0.2, 0.25) is 0 Å². The number of hydrogen-bond acceptors (Lipinski definition) is 2. The van der Waals surface area contributed by atoms with Gasteiger partial charge in [0.1, 0.15) is 0 Å². The minimum atomic E-state index is 0.00501. The van der Waals surface area contributed by atoms with Crippen molar-refractivity contribution in [3.05, 3.63) is 24.3 Å². The van der Waals surface area contributed by atoms with E-state index >= 15 is 0 Å². The van der Waals surface area contributed by atoms with Crippen molar-refractivity contribution in [3.63, 3.8) is 0 Å². The van der Waals surface area contributed by atoms with Crippen LogP contribution < -0.4 is 0 Å². The van der Waals surface area contributed by atoms with Crippen LogP contribution in [0.5, 0.6) is 0 Å². The van der Waals surface area contributed by atoms with Crippen LogP contribution >= 0.6 is 11.6 Å². The number of ether oxygens (including phenoxy) is 2. The summed E-state index contributed by atoms with van der Waals surface area (Å²) >= 11 is 5.46. The molecule has 0 aromatic heterocycles. The van der Waals surface area contributed by atoms with E-state index in [2.05, 4.69) is 0 Å². The second-order valence-corrected chi connectivity index (χ2v) is 3.45. The Kier molecular flexibility index (Phi) is 6.75. The highest BCUT2D eigenvalue weighted by atomic mass is 35.5. The van der Waals surface area contributed by atoms with Crippen molar-refractivity contribution < 1.29 is 9.47 Å². The highest BCUT2D eigenvalue weighted by Crippen LogP contribution is 2.13. The van der Waals surface area contributed by atoms with Crippen molar-refractivity contribution in [2.45, 2.75) is 25.6 Å². The topological polar surface area (TPSA) is 18.5 Å². The van der Waals surface area contributed by atoms with Gasteiger partial charge in [-0.15, -0.1) is 11.6 Å². The molecule has 0 aliphatic carbocycles. The lowest BCUT2D eigenvalue weighted by Crippen LogP contribution is -2.22. The van der Waals surface area contributed by atoms with Crippen molar-refractivity contribution in [1.82, 2.24) is 0 Å². The predicted molar refractivity (Wildman–Crippen MR) is 58.5 cm³/mol. The Bertz CT molecular complexity index is 184. The molecule has 1 saturated heterocycles. The average molecular weight is 217 g/mol. The summed E-state index contributed by atoms with van der Waals surface area (Å²) in [6, 6.07) is 0. The molecular formula is C11H17ClO2. The third kappa shape index (κ3) is 5.43. The van der Waals surface area contributed by atoms with E-state index in [1.165, 1.54) is 6.42 Å². The zero-order chi connectivity index (χ0) is 10.1. The van der Waals surface area contributed by atoms with Gasteiger partial charge in [0, 0.05) is 12.5 Å². The highest BCUT2D eigenvalue weighted by molar-refractivity contribution is 6.18. The molecule has 0 spiro atoms. The monoisotopic (exact) mass is 216 g/mol. The van der Waals surface area contributed by atoms with Gasteiger partial charge in [-0.2, -0.15) is 0 Å². The summed E-state index contributed by atoms with van der Waals surface area (Å²) in [5.74, 6) is 0.553. The summed E-state index contributed by atoms with van der Waals surface area (Å²) in [4.78, 5) is 0. The quantitative estimate of drug-likeness (QED) is 0.520. The molecule has 0 aromatic rings. The van der Waals surface area contributed by atoms with Gasteiger partial charge in [0.25, 0.3) is 0 Å². The summed E-state index contributed by atoms with van der Waals surface area (Å²) in [5, 5.41) is 0. The molecule has 1 atom stereocenters. The highest BCUT2D eigenvalue weighted by Gasteiger charge is 2.12. The molecule has 1 fully saturated rings. The Balaban J connectivity index is 2.02. The number of allylic oxidation sites excluding steroid dienone is 3. The Morgan fingerprint density at radius 1 is 1.29 bits per heavy atom. The molecule has 0 amide bonds. The van der Waals surface area contributed by atoms with E-state index in [9.17, 15) is 0 Å². The van der Waals surface area contributed by atoms with Crippen LogP contribution in [0.15, 0.2) is 24.3 Å². The van der Waals surface area contributed by atoms with Crippen molar-refractivity contribution in [3.8, 4) is 0 Å². The number of rotatable bonds is 5. The molecule has 14 heavy (non-hydrogen) atoms. The maximum absolute atomic E-state index is 5.49. The van der Waals surface area contributed by atoms with E-state index in [0.29, 0.717) is 12.5 Å². The Labute approximate surface area is 90.5 Å². The van der Waals surface area contributed by atoms with Crippen LogP contribution in [-0.2, 0) is 9.47 Å². The minimum Gasteiger partial charge on any atom is -0.353 e. The lowest BCUT2D eigenvalue weighted by Gasteiger charge is -2.21. The third-order valence-electron chi connectivity index (χ3n) is 1.99. The van der Waals surface area contributed by atoms with E-state index in [4.69, 9.17) is 21.1 Å². The summed E-state index contributed by atoms with van der Waals surface area (Å²) in [5.41, 5.74) is 0. The van der Waals surface area contributed by atoms with Crippen molar-refractivity contribution >= 4 is 11.6 Å². The van der Waals surface area contributed by atoms with Gasteiger partial charge in [-0.25, -0.2) is 0 Å². The van der Waals surface area contributed by atoms with E-state index in [1.54, 1.807) is 0 Å². The van der Waals surface area contributed by atoms with Gasteiger partial charge in [-0.05, 0) is 19.3 Å². The molecule has 1 aliphatic heterocycles. The first kappa shape index (κ1) is 11.8. The Hall–Kier alpha value is -0.310. The predicted octanol–water partition coefficient (Wildman–Crippen LogP) is 2.88. The summed E-state index contributed by atoms with van der Waals surface area (Å²) in [7, 11) is 0. The molecule has 0 aromatic carbocycles. The third-order valence-corrected chi connectivity index (χ3v) is 2.17. The van der Waals surface area contributed by atoms with Crippen molar-refractivity contribution in [2.24, 2.45) is 0 Å². The Morgan fingerprint density at radius 2 is 2.14 bits per heavy atom. The number of hydrogen-bond donors (Lipinski definition) is 0. The van der Waals surface area contributed by atoms with Crippen molar-refractivity contribution in [1.29, 1.82) is 0 Å². The van der Waals surface area contributed by atoms with E-state index in [1.807, 2.05) is 24.3 Å². The smallest absolute Gasteiger partial charge is 0.157 e. The largest absolute Gasteiger partial charge is 0.353 e. The lowest BCUT2D eigenvalue weighted by atomic mass is 10.2. The standard InChI is InChI=1S/C11H17ClO2/c12-8-4-1-2-5-9-13-11-7-3-6-10-14-11/h1-2,4-5,11H,3,6-10H2/b4-1+,5-2+. The number of halogens is 1. The second kappa shape index (κ2) is 8.04. The van der Waals surface area contributed by atoms with Crippen LogP contribution in [0.4, 0.5) is 0 Å². The molecule has 1 rings (SSSR count). The molecule has 3 heteroatoms. The van der Waals surface area contributed by atoms with Gasteiger partial charge in [-0.1, -0.05) is 24.3 Å². The normalized spacial score (nSPS) is 23.6.